The highest BCUT2D eigenvalue weighted by Gasteiger charge is 2.19. The maximum Gasteiger partial charge on any atom is 0.244 e. The number of halogens is 1. The van der Waals surface area contributed by atoms with Gasteiger partial charge >= 0.3 is 0 Å². The van der Waals surface area contributed by atoms with Crippen LogP contribution < -0.4 is 0 Å². The number of aromatic amines is 1. The topological polar surface area (TPSA) is 95.8 Å². The third-order valence-corrected chi connectivity index (χ3v) is 4.76. The van der Waals surface area contributed by atoms with Crippen LogP contribution in [0, 0.1) is 5.82 Å². The van der Waals surface area contributed by atoms with Gasteiger partial charge in [-0.1, -0.05) is 0 Å². The second-order valence-corrected chi connectivity index (χ2v) is 6.83. The molecule has 1 aromatic carbocycles. The molecular weight excluding hydrogens is 351 g/mol. The number of H-pyrrole nitrogens is 1. The van der Waals surface area contributed by atoms with E-state index in [1.54, 1.807) is 22.7 Å². The average Bonchev–Trinajstić information content (AvgIpc) is 3.37. The zero-order valence-electron chi connectivity index (χ0n) is 15.1. The van der Waals surface area contributed by atoms with E-state index in [-0.39, 0.29) is 18.3 Å². The molecule has 9 nitrogen and oxygen atoms in total. The summed E-state index contributed by atoms with van der Waals surface area (Å²) in [6.07, 6.45) is 2.37. The smallest absolute Gasteiger partial charge is 0.244 e. The molecule has 142 valence electrons. The zero-order valence-corrected chi connectivity index (χ0v) is 15.1. The predicted molar refractivity (Wildman–Crippen MR) is 94.9 cm³/mol. The molecule has 1 amide bonds. The molecule has 3 heterocycles. The summed E-state index contributed by atoms with van der Waals surface area (Å²) < 4.78 is 14.8. The Morgan fingerprint density at radius 3 is 2.96 bits per heavy atom. The number of carbonyl (C=O) groups is 1. The fourth-order valence-corrected chi connectivity index (χ4v) is 3.27. The fourth-order valence-electron chi connectivity index (χ4n) is 3.27. The van der Waals surface area contributed by atoms with Crippen LogP contribution >= 0.6 is 0 Å². The molecule has 1 N–H and O–H groups in total. The maximum atomic E-state index is 13.3. The molecule has 0 unspecified atom stereocenters. The molecule has 3 aromatic rings. The van der Waals surface area contributed by atoms with Gasteiger partial charge in [-0.25, -0.2) is 14.1 Å². The summed E-state index contributed by atoms with van der Waals surface area (Å²) in [5.41, 5.74) is 1.28. The van der Waals surface area contributed by atoms with Crippen molar-refractivity contribution in [3.05, 3.63) is 35.7 Å². The zero-order chi connectivity index (χ0) is 18.8. The number of tetrazole rings is 1. The van der Waals surface area contributed by atoms with Crippen LogP contribution in [0.1, 0.15) is 24.5 Å². The predicted octanol–water partition coefficient (Wildman–Crippen LogP) is 0.943. The standard InChI is InChI=1S/C17H21FN8O/c1-24(9-15-19-13-5-4-12(18)8-14(13)20-15)17(27)11-26-16(21-22-23-26)10-25-6-2-3-7-25/h4-5,8H,2-3,6-7,9-11H2,1H3,(H,19,20). The lowest BCUT2D eigenvalue weighted by atomic mass is 10.3. The minimum Gasteiger partial charge on any atom is -0.340 e. The highest BCUT2D eigenvalue weighted by atomic mass is 19.1. The van der Waals surface area contributed by atoms with Gasteiger partial charge in [-0.3, -0.25) is 9.69 Å². The normalized spacial score (nSPS) is 14.9. The number of carbonyl (C=O) groups excluding carboxylic acids is 1. The number of amides is 1. The van der Waals surface area contributed by atoms with Gasteiger partial charge in [-0.15, -0.1) is 5.10 Å². The van der Waals surface area contributed by atoms with Crippen LogP contribution in [-0.4, -0.2) is 66.0 Å². The van der Waals surface area contributed by atoms with Gasteiger partial charge in [0.15, 0.2) is 5.82 Å². The Bertz CT molecular complexity index is 945. The van der Waals surface area contributed by atoms with E-state index < -0.39 is 0 Å². The molecule has 4 rings (SSSR count). The van der Waals surface area contributed by atoms with Gasteiger partial charge in [-0.05, 0) is 54.6 Å². The number of likely N-dealkylation sites (tertiary alicyclic amines) is 1. The lowest BCUT2D eigenvalue weighted by Crippen LogP contribution is -2.32. The molecule has 2 aromatic heterocycles. The fraction of sp³-hybridized carbons (Fsp3) is 0.471. The number of fused-ring (bicyclic) bond motifs is 1. The van der Waals surface area contributed by atoms with Crippen molar-refractivity contribution in [2.45, 2.75) is 32.5 Å². The van der Waals surface area contributed by atoms with Crippen molar-refractivity contribution in [1.29, 1.82) is 0 Å². The highest BCUT2D eigenvalue weighted by Crippen LogP contribution is 2.14. The third-order valence-electron chi connectivity index (χ3n) is 4.76. The first kappa shape index (κ1) is 17.5. The highest BCUT2D eigenvalue weighted by molar-refractivity contribution is 5.76. The van der Waals surface area contributed by atoms with Crippen molar-refractivity contribution in [2.75, 3.05) is 20.1 Å². The molecule has 1 fully saturated rings. The Balaban J connectivity index is 1.39. The van der Waals surface area contributed by atoms with Gasteiger partial charge in [0.1, 0.15) is 18.2 Å². The first-order chi connectivity index (χ1) is 13.1. The molecule has 0 spiro atoms. The Morgan fingerprint density at radius 1 is 1.33 bits per heavy atom. The first-order valence-corrected chi connectivity index (χ1v) is 8.94. The number of hydrogen-bond donors (Lipinski definition) is 1. The third kappa shape index (κ3) is 3.95. The number of hydrogen-bond acceptors (Lipinski definition) is 6. The molecule has 27 heavy (non-hydrogen) atoms. The van der Waals surface area contributed by atoms with Gasteiger partial charge in [0.25, 0.3) is 0 Å². The lowest BCUT2D eigenvalue weighted by molar-refractivity contribution is -0.131. The average molecular weight is 372 g/mol. The summed E-state index contributed by atoms with van der Waals surface area (Å²) >= 11 is 0. The van der Waals surface area contributed by atoms with E-state index in [1.165, 1.54) is 25.0 Å². The summed E-state index contributed by atoms with van der Waals surface area (Å²) in [7, 11) is 1.70. The van der Waals surface area contributed by atoms with Crippen LogP contribution in [0.4, 0.5) is 4.39 Å². The summed E-state index contributed by atoms with van der Waals surface area (Å²) in [4.78, 5) is 23.8. The summed E-state index contributed by atoms with van der Waals surface area (Å²) in [6.45, 7) is 3.08. The number of benzene rings is 1. The van der Waals surface area contributed by atoms with E-state index in [4.69, 9.17) is 0 Å². The van der Waals surface area contributed by atoms with Crippen LogP contribution in [0.5, 0.6) is 0 Å². The Hall–Kier alpha value is -2.88. The van der Waals surface area contributed by atoms with Crippen LogP contribution in [0.25, 0.3) is 11.0 Å². The largest absolute Gasteiger partial charge is 0.340 e. The molecule has 0 bridgehead atoms. The van der Waals surface area contributed by atoms with Gasteiger partial charge < -0.3 is 9.88 Å². The monoisotopic (exact) mass is 372 g/mol. The minimum atomic E-state index is -0.327. The maximum absolute atomic E-state index is 13.3. The second kappa shape index (κ2) is 7.39. The molecule has 1 aliphatic heterocycles. The molecule has 1 saturated heterocycles. The molecule has 1 aliphatic rings. The molecule has 10 heteroatoms. The van der Waals surface area contributed by atoms with E-state index in [2.05, 4.69) is 30.4 Å². The number of nitrogens with zero attached hydrogens (tertiary/aromatic N) is 7. The van der Waals surface area contributed by atoms with Crippen LogP contribution in [0.3, 0.4) is 0 Å². The summed E-state index contributed by atoms with van der Waals surface area (Å²) in [5, 5.41) is 11.7. The number of rotatable bonds is 6. The van der Waals surface area contributed by atoms with Crippen molar-refractivity contribution in [3.63, 3.8) is 0 Å². The number of likely N-dealkylation sites (N-methyl/N-ethyl adjacent to an activating group) is 1. The van der Waals surface area contributed by atoms with E-state index in [0.29, 0.717) is 35.8 Å². The van der Waals surface area contributed by atoms with E-state index in [9.17, 15) is 9.18 Å². The Labute approximate surface area is 155 Å². The quantitative estimate of drug-likeness (QED) is 0.692. The van der Waals surface area contributed by atoms with Crippen molar-refractivity contribution < 1.29 is 9.18 Å². The van der Waals surface area contributed by atoms with Gasteiger partial charge in [0, 0.05) is 7.05 Å². The SMILES string of the molecule is CN(Cc1nc2ccc(F)cc2[nH]1)C(=O)Cn1nnnc1CN1CCCC1. The molecule has 0 saturated carbocycles. The number of nitrogens with one attached hydrogen (secondary N) is 1. The molecular formula is C17H21FN8O. The van der Waals surface area contributed by atoms with Crippen LogP contribution in [0.15, 0.2) is 18.2 Å². The van der Waals surface area contributed by atoms with Gasteiger partial charge in [-0.2, -0.15) is 0 Å². The van der Waals surface area contributed by atoms with Crippen LogP contribution in [0.2, 0.25) is 0 Å². The number of imidazole rings is 1. The summed E-state index contributed by atoms with van der Waals surface area (Å²) in [5.74, 6) is 0.835. The second-order valence-electron chi connectivity index (χ2n) is 6.83. The van der Waals surface area contributed by atoms with E-state index in [0.717, 1.165) is 13.1 Å². The van der Waals surface area contributed by atoms with E-state index >= 15 is 0 Å². The lowest BCUT2D eigenvalue weighted by Gasteiger charge is -2.17. The van der Waals surface area contributed by atoms with Crippen molar-refractivity contribution >= 4 is 16.9 Å². The Morgan fingerprint density at radius 2 is 2.15 bits per heavy atom. The first-order valence-electron chi connectivity index (χ1n) is 8.94. The van der Waals surface area contributed by atoms with Gasteiger partial charge in [0.2, 0.25) is 5.91 Å². The molecule has 0 aliphatic carbocycles. The molecule has 0 radical (unpaired) electrons. The summed E-state index contributed by atoms with van der Waals surface area (Å²) in [6, 6.07) is 4.36. The molecule has 0 atom stereocenters. The van der Waals surface area contributed by atoms with Crippen molar-refractivity contribution in [2.24, 2.45) is 0 Å². The van der Waals surface area contributed by atoms with E-state index in [1.807, 2.05) is 0 Å². The number of aromatic nitrogens is 6. The minimum absolute atomic E-state index is 0.0710. The van der Waals surface area contributed by atoms with Crippen LogP contribution in [-0.2, 0) is 24.4 Å². The Kier molecular flexibility index (Phi) is 4.80. The van der Waals surface area contributed by atoms with Crippen molar-refractivity contribution in [3.8, 4) is 0 Å². The van der Waals surface area contributed by atoms with Crippen molar-refractivity contribution in [1.82, 2.24) is 40.0 Å². The van der Waals surface area contributed by atoms with Gasteiger partial charge in [0.05, 0.1) is 24.1 Å².